The van der Waals surface area contributed by atoms with Gasteiger partial charge in [0.25, 0.3) is 6.47 Å². The van der Waals surface area contributed by atoms with Crippen molar-refractivity contribution in [2.75, 3.05) is 0 Å². The second kappa shape index (κ2) is 11.4. The van der Waals surface area contributed by atoms with Crippen LogP contribution in [0.1, 0.15) is 97.1 Å². The van der Waals surface area contributed by atoms with Crippen LogP contribution in [0.25, 0.3) is 0 Å². The van der Waals surface area contributed by atoms with Gasteiger partial charge in [0.1, 0.15) is 5.60 Å². The third-order valence-corrected chi connectivity index (χ3v) is 5.00. The maximum atomic E-state index is 10.5. The molecule has 0 aliphatic carbocycles. The fourth-order valence-corrected chi connectivity index (χ4v) is 3.35. The second-order valence-electron chi connectivity index (χ2n) is 9.48. The van der Waals surface area contributed by atoms with E-state index in [1.807, 2.05) is 13.8 Å². The molecule has 0 aliphatic heterocycles. The lowest BCUT2D eigenvalue weighted by Crippen LogP contribution is -2.23. The highest BCUT2D eigenvalue weighted by Crippen LogP contribution is 2.23. The molecular weight excluding hydrogens is 320 g/mol. The molecule has 0 bridgehead atoms. The van der Waals surface area contributed by atoms with Gasteiger partial charge in [0, 0.05) is 0 Å². The molecule has 1 aromatic carbocycles. The van der Waals surface area contributed by atoms with Crippen molar-refractivity contribution in [3.8, 4) is 0 Å². The molecule has 1 rings (SSSR count). The van der Waals surface area contributed by atoms with Gasteiger partial charge >= 0.3 is 0 Å². The van der Waals surface area contributed by atoms with Crippen LogP contribution in [0.3, 0.4) is 0 Å². The number of hydrogen-bond donors (Lipinski definition) is 0. The first-order chi connectivity index (χ1) is 12.2. The first-order valence-corrected chi connectivity index (χ1v) is 10.4. The Balaban J connectivity index is 2.23. The number of carbonyl (C=O) groups is 1. The Morgan fingerprint density at radius 3 is 1.92 bits per heavy atom. The number of ether oxygens (including phenoxy) is 1. The number of unbranched alkanes of at least 4 members (excludes halogenated alkanes) is 4. The molecule has 1 aromatic rings. The van der Waals surface area contributed by atoms with Crippen LogP contribution in [-0.4, -0.2) is 12.1 Å². The third-order valence-electron chi connectivity index (χ3n) is 5.00. The average molecular weight is 361 g/mol. The van der Waals surface area contributed by atoms with Gasteiger partial charge in [0.05, 0.1) is 0 Å². The summed E-state index contributed by atoms with van der Waals surface area (Å²) >= 11 is 0. The molecule has 0 saturated heterocycles. The zero-order valence-corrected chi connectivity index (χ0v) is 17.8. The van der Waals surface area contributed by atoms with Gasteiger partial charge in [-0.05, 0) is 75.3 Å². The molecule has 0 saturated carbocycles. The molecule has 0 fully saturated rings. The highest BCUT2D eigenvalue weighted by molar-refractivity contribution is 5.38. The Morgan fingerprint density at radius 1 is 0.808 bits per heavy atom. The summed E-state index contributed by atoms with van der Waals surface area (Å²) in [5, 5.41) is 0. The molecule has 0 atom stereocenters. The third kappa shape index (κ3) is 11.3. The topological polar surface area (TPSA) is 26.3 Å². The van der Waals surface area contributed by atoms with Gasteiger partial charge in [-0.15, -0.1) is 0 Å². The van der Waals surface area contributed by atoms with Crippen molar-refractivity contribution >= 4 is 6.47 Å². The van der Waals surface area contributed by atoms with Gasteiger partial charge in [-0.1, -0.05) is 64.3 Å². The lowest BCUT2D eigenvalue weighted by atomic mass is 9.89. The molecule has 148 valence electrons. The standard InChI is InChI=1S/C24H40O2/c1-23(2,3)17-10-7-6-8-13-21-15-12-16-22(19-21)14-9-11-18-24(4,5)26-20-25/h12,15-16,19-20H,6-11,13-14,17-18H2,1-5H3. The van der Waals surface area contributed by atoms with Gasteiger partial charge in [0.15, 0.2) is 0 Å². The average Bonchev–Trinajstić information content (AvgIpc) is 2.54. The normalized spacial score (nSPS) is 12.2. The summed E-state index contributed by atoms with van der Waals surface area (Å²) in [4.78, 5) is 10.5. The molecule has 0 aromatic heterocycles. The molecule has 0 amide bonds. The Morgan fingerprint density at radius 2 is 1.35 bits per heavy atom. The van der Waals surface area contributed by atoms with Crippen LogP contribution < -0.4 is 0 Å². The van der Waals surface area contributed by atoms with E-state index in [0.717, 1.165) is 25.7 Å². The molecule has 0 aliphatic rings. The SMILES string of the molecule is CC(C)(C)CCCCCCc1cccc(CCCCC(C)(C)OC=O)c1. The van der Waals surface area contributed by atoms with E-state index in [9.17, 15) is 4.79 Å². The second-order valence-corrected chi connectivity index (χ2v) is 9.48. The smallest absolute Gasteiger partial charge is 0.293 e. The predicted octanol–water partition coefficient (Wildman–Crippen LogP) is 6.89. The molecular formula is C24H40O2. The Bertz CT molecular complexity index is 511. The minimum absolute atomic E-state index is 0.337. The molecule has 0 unspecified atom stereocenters. The van der Waals surface area contributed by atoms with Crippen molar-refractivity contribution in [3.63, 3.8) is 0 Å². The first-order valence-electron chi connectivity index (χ1n) is 10.4. The monoisotopic (exact) mass is 360 g/mol. The van der Waals surface area contributed by atoms with Crippen LogP contribution in [0.4, 0.5) is 0 Å². The summed E-state index contributed by atoms with van der Waals surface area (Å²) < 4.78 is 5.11. The Labute approximate surface area is 161 Å². The number of hydrogen-bond acceptors (Lipinski definition) is 2. The van der Waals surface area contributed by atoms with E-state index in [2.05, 4.69) is 45.0 Å². The zero-order chi connectivity index (χ0) is 19.5. The van der Waals surface area contributed by atoms with Crippen molar-refractivity contribution in [2.24, 2.45) is 5.41 Å². The number of benzene rings is 1. The highest BCUT2D eigenvalue weighted by atomic mass is 16.5. The van der Waals surface area contributed by atoms with E-state index in [-0.39, 0.29) is 5.60 Å². The molecule has 0 N–H and O–H groups in total. The van der Waals surface area contributed by atoms with E-state index < -0.39 is 0 Å². The van der Waals surface area contributed by atoms with Gasteiger partial charge in [0.2, 0.25) is 0 Å². The predicted molar refractivity (Wildman–Crippen MR) is 111 cm³/mol. The van der Waals surface area contributed by atoms with Crippen LogP contribution in [0.5, 0.6) is 0 Å². The van der Waals surface area contributed by atoms with Crippen molar-refractivity contribution < 1.29 is 9.53 Å². The van der Waals surface area contributed by atoms with E-state index >= 15 is 0 Å². The molecule has 0 radical (unpaired) electrons. The fourth-order valence-electron chi connectivity index (χ4n) is 3.35. The van der Waals surface area contributed by atoms with Crippen LogP contribution in [0.15, 0.2) is 24.3 Å². The first kappa shape index (κ1) is 22.7. The van der Waals surface area contributed by atoms with Crippen LogP contribution >= 0.6 is 0 Å². The fraction of sp³-hybridized carbons (Fsp3) is 0.708. The van der Waals surface area contributed by atoms with Gasteiger partial charge in [-0.3, -0.25) is 4.79 Å². The number of rotatable bonds is 13. The highest BCUT2D eigenvalue weighted by Gasteiger charge is 2.17. The van der Waals surface area contributed by atoms with Crippen molar-refractivity contribution in [1.29, 1.82) is 0 Å². The van der Waals surface area contributed by atoms with Gasteiger partial charge < -0.3 is 4.74 Å². The van der Waals surface area contributed by atoms with Gasteiger partial charge in [-0.2, -0.15) is 0 Å². The maximum absolute atomic E-state index is 10.5. The summed E-state index contributed by atoms with van der Waals surface area (Å²) in [6.07, 6.45) is 12.1. The lowest BCUT2D eigenvalue weighted by Gasteiger charge is -2.22. The summed E-state index contributed by atoms with van der Waals surface area (Å²) in [5.74, 6) is 0. The summed E-state index contributed by atoms with van der Waals surface area (Å²) in [6.45, 7) is 11.5. The molecule has 2 nitrogen and oxygen atoms in total. The van der Waals surface area contributed by atoms with E-state index in [4.69, 9.17) is 4.74 Å². The Kier molecular flexibility index (Phi) is 9.98. The lowest BCUT2D eigenvalue weighted by molar-refractivity contribution is -0.140. The molecule has 0 heterocycles. The number of carbonyl (C=O) groups excluding carboxylic acids is 1. The van der Waals surface area contributed by atoms with Crippen molar-refractivity contribution in [1.82, 2.24) is 0 Å². The van der Waals surface area contributed by atoms with Crippen molar-refractivity contribution in [3.05, 3.63) is 35.4 Å². The van der Waals surface area contributed by atoms with E-state index in [1.54, 1.807) is 0 Å². The van der Waals surface area contributed by atoms with Crippen molar-refractivity contribution in [2.45, 2.75) is 104 Å². The van der Waals surface area contributed by atoms with Crippen LogP contribution in [0, 0.1) is 5.41 Å². The van der Waals surface area contributed by atoms with Gasteiger partial charge in [-0.25, -0.2) is 0 Å². The van der Waals surface area contributed by atoms with Crippen LogP contribution in [0.2, 0.25) is 0 Å². The molecule has 2 heteroatoms. The zero-order valence-electron chi connectivity index (χ0n) is 17.8. The maximum Gasteiger partial charge on any atom is 0.293 e. The van der Waals surface area contributed by atoms with E-state index in [0.29, 0.717) is 11.9 Å². The Hall–Kier alpha value is -1.31. The molecule has 26 heavy (non-hydrogen) atoms. The summed E-state index contributed by atoms with van der Waals surface area (Å²) in [5.41, 5.74) is 3.05. The van der Waals surface area contributed by atoms with Crippen LogP contribution in [-0.2, 0) is 22.4 Å². The van der Waals surface area contributed by atoms with E-state index in [1.165, 1.54) is 49.7 Å². The quantitative estimate of drug-likeness (QED) is 0.283. The number of aryl methyl sites for hydroxylation is 2. The summed E-state index contributed by atoms with van der Waals surface area (Å²) in [7, 11) is 0. The molecule has 0 spiro atoms. The largest absolute Gasteiger partial charge is 0.462 e. The minimum atomic E-state index is -0.337. The minimum Gasteiger partial charge on any atom is -0.462 e. The summed E-state index contributed by atoms with van der Waals surface area (Å²) in [6, 6.07) is 9.07.